The molecule has 1 aromatic heterocycles. The van der Waals surface area contributed by atoms with Crippen molar-refractivity contribution in [2.45, 2.75) is 31.8 Å². The number of rotatable bonds is 4. The zero-order chi connectivity index (χ0) is 16.4. The molecule has 1 aromatic carbocycles. The number of carbonyl (C=O) groups excluding carboxylic acids is 1. The summed E-state index contributed by atoms with van der Waals surface area (Å²) in [6.07, 6.45) is 2.41. The molecule has 0 bridgehead atoms. The topological polar surface area (TPSA) is 79.2 Å². The van der Waals surface area contributed by atoms with Crippen LogP contribution < -0.4 is 10.6 Å². The van der Waals surface area contributed by atoms with Gasteiger partial charge in [0.15, 0.2) is 5.82 Å². The molecule has 122 valence electrons. The highest BCUT2D eigenvalue weighted by molar-refractivity contribution is 5.88. The first kappa shape index (κ1) is 15.5. The molecule has 1 fully saturated rings. The van der Waals surface area contributed by atoms with Crippen molar-refractivity contribution in [3.8, 4) is 5.69 Å². The highest BCUT2D eigenvalue weighted by Gasteiger charge is 2.34. The maximum atomic E-state index is 13.0. The van der Waals surface area contributed by atoms with E-state index in [9.17, 15) is 14.3 Å². The molecular formula is C16H19FN4O2. The van der Waals surface area contributed by atoms with Gasteiger partial charge in [0.25, 0.3) is 0 Å². The van der Waals surface area contributed by atoms with E-state index < -0.39 is 11.6 Å². The van der Waals surface area contributed by atoms with Crippen molar-refractivity contribution in [2.24, 2.45) is 0 Å². The number of benzene rings is 1. The number of halogens is 1. The van der Waals surface area contributed by atoms with Gasteiger partial charge in [0.1, 0.15) is 5.82 Å². The first-order chi connectivity index (χ1) is 11.0. The molecule has 1 heterocycles. The van der Waals surface area contributed by atoms with E-state index in [1.165, 1.54) is 12.1 Å². The predicted molar refractivity (Wildman–Crippen MR) is 84.1 cm³/mol. The quantitative estimate of drug-likeness (QED) is 0.809. The van der Waals surface area contributed by atoms with Crippen molar-refractivity contribution in [3.63, 3.8) is 0 Å². The fourth-order valence-electron chi connectivity index (χ4n) is 2.55. The van der Waals surface area contributed by atoms with Crippen LogP contribution in [0.3, 0.4) is 0 Å². The van der Waals surface area contributed by atoms with Crippen LogP contribution in [0.15, 0.2) is 30.3 Å². The third-order valence-corrected chi connectivity index (χ3v) is 4.06. The first-order valence-corrected chi connectivity index (χ1v) is 7.55. The minimum absolute atomic E-state index is 0.233. The van der Waals surface area contributed by atoms with E-state index in [0.29, 0.717) is 24.3 Å². The van der Waals surface area contributed by atoms with Crippen LogP contribution in [0.2, 0.25) is 0 Å². The maximum Gasteiger partial charge on any atom is 0.320 e. The van der Waals surface area contributed by atoms with E-state index in [1.54, 1.807) is 22.9 Å². The molecule has 1 saturated carbocycles. The van der Waals surface area contributed by atoms with Crippen LogP contribution in [-0.2, 0) is 0 Å². The molecule has 0 aliphatic heterocycles. The van der Waals surface area contributed by atoms with Crippen LogP contribution >= 0.6 is 0 Å². The van der Waals surface area contributed by atoms with Crippen molar-refractivity contribution >= 4 is 11.8 Å². The molecule has 0 unspecified atom stereocenters. The van der Waals surface area contributed by atoms with Crippen LogP contribution in [-0.4, -0.2) is 33.1 Å². The number of amides is 2. The molecule has 7 heteroatoms. The third kappa shape index (κ3) is 3.50. The van der Waals surface area contributed by atoms with Crippen molar-refractivity contribution in [1.29, 1.82) is 0 Å². The second-order valence-corrected chi connectivity index (χ2v) is 5.94. The lowest BCUT2D eigenvalue weighted by Gasteiger charge is -2.36. The Morgan fingerprint density at radius 1 is 1.39 bits per heavy atom. The summed E-state index contributed by atoms with van der Waals surface area (Å²) in [5.74, 6) is 0.0788. The molecule has 0 saturated heterocycles. The average Bonchev–Trinajstić information content (AvgIpc) is 2.84. The van der Waals surface area contributed by atoms with Gasteiger partial charge >= 0.3 is 6.03 Å². The van der Waals surface area contributed by atoms with Gasteiger partial charge in [-0.2, -0.15) is 0 Å². The zero-order valence-electron chi connectivity index (χ0n) is 12.8. The Kier molecular flexibility index (Phi) is 4.04. The number of hydrogen-bond donors (Lipinski definition) is 3. The van der Waals surface area contributed by atoms with Gasteiger partial charge in [-0.05, 0) is 50.5 Å². The molecule has 0 spiro atoms. The van der Waals surface area contributed by atoms with Crippen molar-refractivity contribution in [2.75, 3.05) is 11.9 Å². The average molecular weight is 318 g/mol. The molecular weight excluding hydrogens is 299 g/mol. The molecule has 3 rings (SSSR count). The Labute approximate surface area is 133 Å². The Morgan fingerprint density at radius 3 is 2.70 bits per heavy atom. The summed E-state index contributed by atoms with van der Waals surface area (Å²) in [5, 5.41) is 19.5. The van der Waals surface area contributed by atoms with Crippen molar-refractivity contribution in [1.82, 2.24) is 15.1 Å². The van der Waals surface area contributed by atoms with Crippen LogP contribution in [0.25, 0.3) is 5.69 Å². The summed E-state index contributed by atoms with van der Waals surface area (Å²) in [4.78, 5) is 11.9. The number of nitrogens with one attached hydrogen (secondary N) is 2. The Balaban J connectivity index is 1.63. The summed E-state index contributed by atoms with van der Waals surface area (Å²) in [7, 11) is 0. The lowest BCUT2D eigenvalue weighted by atomic mass is 9.80. The van der Waals surface area contributed by atoms with E-state index >= 15 is 0 Å². The first-order valence-electron chi connectivity index (χ1n) is 7.55. The van der Waals surface area contributed by atoms with Crippen molar-refractivity contribution < 1.29 is 14.3 Å². The van der Waals surface area contributed by atoms with E-state index in [4.69, 9.17) is 0 Å². The largest absolute Gasteiger partial charge is 0.388 e. The van der Waals surface area contributed by atoms with Crippen LogP contribution in [0.5, 0.6) is 0 Å². The standard InChI is InChI=1S/C16H19FN4O2/c1-11-9-14(19-15(22)18-10-16(23)7-2-8-16)20-21(11)13-5-3-12(17)4-6-13/h3-6,9,23H,2,7-8,10H2,1H3,(H2,18,19,20,22). The van der Waals surface area contributed by atoms with Gasteiger partial charge in [-0.1, -0.05) is 0 Å². The lowest BCUT2D eigenvalue weighted by Crippen LogP contribution is -2.48. The lowest BCUT2D eigenvalue weighted by molar-refractivity contribution is -0.0287. The van der Waals surface area contributed by atoms with Gasteiger partial charge in [0.2, 0.25) is 0 Å². The number of carbonyl (C=O) groups is 1. The Bertz CT molecular complexity index is 707. The van der Waals surface area contributed by atoms with Gasteiger partial charge in [0.05, 0.1) is 11.3 Å². The van der Waals surface area contributed by atoms with Gasteiger partial charge in [-0.25, -0.2) is 13.9 Å². The summed E-state index contributed by atoms with van der Waals surface area (Å²) >= 11 is 0. The molecule has 1 aliphatic carbocycles. The summed E-state index contributed by atoms with van der Waals surface area (Å²) in [5.41, 5.74) is 0.756. The van der Waals surface area contributed by atoms with Crippen molar-refractivity contribution in [3.05, 3.63) is 41.8 Å². The number of aromatic nitrogens is 2. The predicted octanol–water partition coefficient (Wildman–Crippen LogP) is 2.36. The number of hydrogen-bond acceptors (Lipinski definition) is 3. The van der Waals surface area contributed by atoms with Crippen LogP contribution in [0.4, 0.5) is 15.0 Å². The van der Waals surface area contributed by atoms with Gasteiger partial charge in [-0.15, -0.1) is 5.10 Å². The van der Waals surface area contributed by atoms with Gasteiger partial charge in [-0.3, -0.25) is 5.32 Å². The fraction of sp³-hybridized carbons (Fsp3) is 0.375. The molecule has 3 N–H and O–H groups in total. The van der Waals surface area contributed by atoms with E-state index in [2.05, 4.69) is 15.7 Å². The minimum atomic E-state index is -0.763. The normalized spacial score (nSPS) is 15.8. The highest BCUT2D eigenvalue weighted by Crippen LogP contribution is 2.30. The molecule has 6 nitrogen and oxygen atoms in total. The van der Waals surface area contributed by atoms with Gasteiger partial charge < -0.3 is 10.4 Å². The third-order valence-electron chi connectivity index (χ3n) is 4.06. The maximum absolute atomic E-state index is 13.0. The highest BCUT2D eigenvalue weighted by atomic mass is 19.1. The molecule has 2 aromatic rings. The molecule has 0 atom stereocenters. The van der Waals surface area contributed by atoms with E-state index in [-0.39, 0.29) is 12.4 Å². The van der Waals surface area contributed by atoms with E-state index in [1.807, 2.05) is 6.92 Å². The second-order valence-electron chi connectivity index (χ2n) is 5.94. The number of aryl methyl sites for hydroxylation is 1. The number of urea groups is 1. The molecule has 23 heavy (non-hydrogen) atoms. The molecule has 1 aliphatic rings. The van der Waals surface area contributed by atoms with Crippen LogP contribution in [0, 0.1) is 12.7 Å². The second kappa shape index (κ2) is 6.00. The fourth-order valence-corrected chi connectivity index (χ4v) is 2.55. The molecule has 2 amide bonds. The monoisotopic (exact) mass is 318 g/mol. The van der Waals surface area contributed by atoms with Crippen LogP contribution in [0.1, 0.15) is 25.0 Å². The number of nitrogens with zero attached hydrogens (tertiary/aromatic N) is 2. The number of anilines is 1. The van der Waals surface area contributed by atoms with Gasteiger partial charge in [0, 0.05) is 18.3 Å². The zero-order valence-corrected chi connectivity index (χ0v) is 12.8. The summed E-state index contributed by atoms with van der Waals surface area (Å²) in [6, 6.07) is 7.26. The summed E-state index contributed by atoms with van der Waals surface area (Å²) < 4.78 is 14.6. The minimum Gasteiger partial charge on any atom is -0.388 e. The SMILES string of the molecule is Cc1cc(NC(=O)NCC2(O)CCC2)nn1-c1ccc(F)cc1. The summed E-state index contributed by atoms with van der Waals surface area (Å²) in [6.45, 7) is 2.08. The smallest absolute Gasteiger partial charge is 0.320 e. The van der Waals surface area contributed by atoms with E-state index in [0.717, 1.165) is 12.1 Å². The Hall–Kier alpha value is -2.41. The Morgan fingerprint density at radius 2 is 2.09 bits per heavy atom. The number of aliphatic hydroxyl groups is 1. The molecule has 0 radical (unpaired) electrons.